The molecular formula is C19H28ClN5. The molecule has 0 atom stereocenters. The minimum atomic E-state index is 0.728. The lowest BCUT2D eigenvalue weighted by atomic mass is 10.1. The summed E-state index contributed by atoms with van der Waals surface area (Å²) in [6.07, 6.45) is 2.76. The van der Waals surface area contributed by atoms with Crippen LogP contribution in [0.25, 0.3) is 0 Å². The van der Waals surface area contributed by atoms with Crippen LogP contribution in [-0.2, 0) is 32.9 Å². The highest BCUT2D eigenvalue weighted by Crippen LogP contribution is 2.16. The lowest BCUT2D eigenvalue weighted by molar-refractivity contribution is 0.702. The molecule has 2 aromatic rings. The van der Waals surface area contributed by atoms with Crippen LogP contribution in [0.3, 0.4) is 0 Å². The molecule has 0 saturated heterocycles. The van der Waals surface area contributed by atoms with Crippen molar-refractivity contribution >= 4 is 17.6 Å². The van der Waals surface area contributed by atoms with Gasteiger partial charge in [0.25, 0.3) is 0 Å². The Hall–Kier alpha value is -2.01. The summed E-state index contributed by atoms with van der Waals surface area (Å²) in [5, 5.41) is 12.2. The van der Waals surface area contributed by atoms with Crippen molar-refractivity contribution < 1.29 is 0 Å². The molecule has 0 saturated carbocycles. The fourth-order valence-corrected chi connectivity index (χ4v) is 3.23. The number of nitrogens with zero attached hydrogens (tertiary/aromatic N) is 3. The summed E-state index contributed by atoms with van der Waals surface area (Å²) >= 11 is 6.20. The molecule has 25 heavy (non-hydrogen) atoms. The molecule has 136 valence electrons. The second-order valence-corrected chi connectivity index (χ2v) is 6.30. The molecule has 0 radical (unpaired) electrons. The highest BCUT2D eigenvalue weighted by atomic mass is 35.5. The summed E-state index contributed by atoms with van der Waals surface area (Å²) < 4.78 is 1.99. The monoisotopic (exact) mass is 361 g/mol. The van der Waals surface area contributed by atoms with E-state index in [0.29, 0.717) is 0 Å². The van der Waals surface area contributed by atoms with Crippen LogP contribution in [0.5, 0.6) is 0 Å². The van der Waals surface area contributed by atoms with Crippen LogP contribution >= 0.6 is 11.6 Å². The number of aliphatic imine (C=N–C) groups is 1. The van der Waals surface area contributed by atoms with Crippen LogP contribution in [0, 0.1) is 0 Å². The molecule has 1 heterocycles. The first-order valence-corrected chi connectivity index (χ1v) is 9.20. The smallest absolute Gasteiger partial charge is 0.191 e. The van der Waals surface area contributed by atoms with Gasteiger partial charge in [-0.25, -0.2) is 0 Å². The average molecular weight is 362 g/mol. The molecule has 0 spiro atoms. The van der Waals surface area contributed by atoms with Gasteiger partial charge in [0.05, 0.1) is 5.69 Å². The molecule has 0 bridgehead atoms. The second-order valence-electron chi connectivity index (χ2n) is 5.90. The van der Waals surface area contributed by atoms with Crippen molar-refractivity contribution in [2.75, 3.05) is 13.6 Å². The van der Waals surface area contributed by atoms with Crippen LogP contribution in [0.15, 0.2) is 29.3 Å². The van der Waals surface area contributed by atoms with Gasteiger partial charge in [0, 0.05) is 43.5 Å². The largest absolute Gasteiger partial charge is 0.356 e. The number of aryl methyl sites for hydroxylation is 2. The molecule has 0 aliphatic heterocycles. The Bertz CT molecular complexity index is 721. The molecule has 2 N–H and O–H groups in total. The zero-order chi connectivity index (χ0) is 18.2. The van der Waals surface area contributed by atoms with Gasteiger partial charge in [-0.3, -0.25) is 9.67 Å². The molecule has 0 aliphatic rings. The molecule has 5 nitrogen and oxygen atoms in total. The zero-order valence-electron chi connectivity index (χ0n) is 15.6. The fraction of sp³-hybridized carbons (Fsp3) is 0.474. The van der Waals surface area contributed by atoms with Gasteiger partial charge in [0.2, 0.25) is 0 Å². The second kappa shape index (κ2) is 9.47. The third-order valence-electron chi connectivity index (χ3n) is 4.33. The van der Waals surface area contributed by atoms with Gasteiger partial charge in [-0.15, -0.1) is 0 Å². The summed E-state index contributed by atoms with van der Waals surface area (Å²) in [6.45, 7) is 5.81. The normalized spacial score (nSPS) is 11.6. The Morgan fingerprint density at radius 2 is 1.96 bits per heavy atom. The van der Waals surface area contributed by atoms with E-state index in [2.05, 4.69) is 40.6 Å². The highest BCUT2D eigenvalue weighted by Gasteiger charge is 2.13. The van der Waals surface area contributed by atoms with Crippen molar-refractivity contribution in [3.63, 3.8) is 0 Å². The predicted molar refractivity (Wildman–Crippen MR) is 105 cm³/mol. The Labute approximate surface area is 155 Å². The van der Waals surface area contributed by atoms with Crippen LogP contribution < -0.4 is 10.6 Å². The van der Waals surface area contributed by atoms with Gasteiger partial charge in [-0.2, -0.15) is 5.10 Å². The van der Waals surface area contributed by atoms with E-state index >= 15 is 0 Å². The summed E-state index contributed by atoms with van der Waals surface area (Å²) in [4.78, 5) is 4.31. The van der Waals surface area contributed by atoms with E-state index in [0.717, 1.165) is 54.6 Å². The number of benzene rings is 1. The number of hydrogen-bond donors (Lipinski definition) is 2. The third-order valence-corrected chi connectivity index (χ3v) is 4.70. The van der Waals surface area contributed by atoms with E-state index in [1.807, 2.05) is 29.9 Å². The lowest BCUT2D eigenvalue weighted by Crippen LogP contribution is -2.38. The van der Waals surface area contributed by atoms with Crippen molar-refractivity contribution in [1.82, 2.24) is 20.4 Å². The summed E-state index contributed by atoms with van der Waals surface area (Å²) in [5.41, 5.74) is 4.84. The van der Waals surface area contributed by atoms with E-state index in [1.165, 1.54) is 11.3 Å². The molecule has 0 amide bonds. The van der Waals surface area contributed by atoms with E-state index < -0.39 is 0 Å². The van der Waals surface area contributed by atoms with Crippen molar-refractivity contribution in [2.24, 2.45) is 12.0 Å². The molecule has 6 heteroatoms. The maximum absolute atomic E-state index is 6.20. The predicted octanol–water partition coefficient (Wildman–Crippen LogP) is 3.11. The highest BCUT2D eigenvalue weighted by molar-refractivity contribution is 6.31. The Morgan fingerprint density at radius 3 is 2.60 bits per heavy atom. The average Bonchev–Trinajstić information content (AvgIpc) is 2.94. The number of nitrogens with one attached hydrogen (secondary N) is 2. The number of halogens is 1. The molecule has 0 fully saturated rings. The van der Waals surface area contributed by atoms with E-state index in [-0.39, 0.29) is 0 Å². The lowest BCUT2D eigenvalue weighted by Gasteiger charge is -2.13. The summed E-state index contributed by atoms with van der Waals surface area (Å²) in [5.74, 6) is 0.792. The third kappa shape index (κ3) is 4.98. The van der Waals surface area contributed by atoms with Crippen molar-refractivity contribution in [1.29, 1.82) is 0 Å². The number of aromatic nitrogens is 2. The Morgan fingerprint density at radius 1 is 1.20 bits per heavy atom. The van der Waals surface area contributed by atoms with Crippen LogP contribution in [0.2, 0.25) is 5.02 Å². The Balaban J connectivity index is 1.92. The molecule has 2 rings (SSSR count). The minimum Gasteiger partial charge on any atom is -0.356 e. The van der Waals surface area contributed by atoms with Crippen molar-refractivity contribution in [3.8, 4) is 0 Å². The van der Waals surface area contributed by atoms with E-state index in [4.69, 9.17) is 11.6 Å². The topological polar surface area (TPSA) is 54.2 Å². The zero-order valence-corrected chi connectivity index (χ0v) is 16.3. The molecule has 1 aromatic carbocycles. The van der Waals surface area contributed by atoms with Gasteiger partial charge < -0.3 is 10.6 Å². The number of rotatable bonds is 7. The van der Waals surface area contributed by atoms with Crippen LogP contribution in [0.4, 0.5) is 0 Å². The fourth-order valence-electron chi connectivity index (χ4n) is 3.00. The van der Waals surface area contributed by atoms with Crippen LogP contribution in [-0.4, -0.2) is 29.3 Å². The molecule has 0 aliphatic carbocycles. The standard InChI is InChI=1S/C19H28ClN5/c1-5-17-15(18(6-2)25(4)24-17)13-23-19(21-3)22-12-11-14-9-7-8-10-16(14)20/h7-10H,5-6,11-13H2,1-4H3,(H2,21,22,23). The van der Waals surface area contributed by atoms with Crippen LogP contribution in [0.1, 0.15) is 36.4 Å². The first kappa shape index (κ1) is 19.3. The number of guanidine groups is 1. The quantitative estimate of drug-likeness (QED) is 0.588. The maximum Gasteiger partial charge on any atom is 0.191 e. The van der Waals surface area contributed by atoms with Crippen molar-refractivity contribution in [2.45, 2.75) is 39.7 Å². The summed E-state index contributed by atoms with van der Waals surface area (Å²) in [7, 11) is 3.80. The Kier molecular flexibility index (Phi) is 7.31. The maximum atomic E-state index is 6.20. The SMILES string of the molecule is CCc1nn(C)c(CC)c1CNC(=NC)NCCc1ccccc1Cl. The molecule has 0 unspecified atom stereocenters. The van der Waals surface area contributed by atoms with E-state index in [1.54, 1.807) is 7.05 Å². The first-order valence-electron chi connectivity index (χ1n) is 8.82. The van der Waals surface area contributed by atoms with Gasteiger partial charge in [0.1, 0.15) is 0 Å². The molecular weight excluding hydrogens is 334 g/mol. The first-order chi connectivity index (χ1) is 12.1. The van der Waals surface area contributed by atoms with Gasteiger partial charge in [-0.05, 0) is 30.9 Å². The molecule has 1 aromatic heterocycles. The minimum absolute atomic E-state index is 0.728. The van der Waals surface area contributed by atoms with Gasteiger partial charge >= 0.3 is 0 Å². The summed E-state index contributed by atoms with van der Waals surface area (Å²) in [6, 6.07) is 7.93. The number of hydrogen-bond acceptors (Lipinski definition) is 2. The van der Waals surface area contributed by atoms with Gasteiger partial charge in [-0.1, -0.05) is 43.6 Å². The van der Waals surface area contributed by atoms with Gasteiger partial charge in [0.15, 0.2) is 5.96 Å². The van der Waals surface area contributed by atoms with Crippen molar-refractivity contribution in [3.05, 3.63) is 51.8 Å². The van der Waals surface area contributed by atoms with E-state index in [9.17, 15) is 0 Å².